The summed E-state index contributed by atoms with van der Waals surface area (Å²) >= 11 is 0. The molecule has 3 nitrogen and oxygen atoms in total. The van der Waals surface area contributed by atoms with E-state index in [2.05, 4.69) is 31.3 Å². The molecule has 1 aromatic heterocycles. The molecule has 0 aliphatic rings. The number of fused-ring (bicyclic) bond motifs is 1. The van der Waals surface area contributed by atoms with E-state index in [1.54, 1.807) is 0 Å². The summed E-state index contributed by atoms with van der Waals surface area (Å²) in [4.78, 5) is 0. The van der Waals surface area contributed by atoms with Crippen LogP contribution < -0.4 is 5.32 Å². The zero-order valence-electron chi connectivity index (χ0n) is 11.8. The van der Waals surface area contributed by atoms with Crippen LogP contribution in [0.3, 0.4) is 0 Å². The molecule has 1 atom stereocenters. The first-order valence-electron chi connectivity index (χ1n) is 7.07. The SMILES string of the molecule is CCc1oc2ccccc2c1CNCC(C)CCO. The highest BCUT2D eigenvalue weighted by molar-refractivity contribution is 5.82. The van der Waals surface area contributed by atoms with Gasteiger partial charge in [-0.1, -0.05) is 32.0 Å². The third kappa shape index (κ3) is 3.37. The molecule has 0 radical (unpaired) electrons. The normalized spacial score (nSPS) is 13.0. The van der Waals surface area contributed by atoms with Crippen molar-refractivity contribution >= 4 is 11.0 Å². The molecule has 0 saturated carbocycles. The van der Waals surface area contributed by atoms with E-state index in [4.69, 9.17) is 9.52 Å². The summed E-state index contributed by atoms with van der Waals surface area (Å²) in [5.74, 6) is 1.57. The summed E-state index contributed by atoms with van der Waals surface area (Å²) in [6.07, 6.45) is 1.76. The number of furan rings is 1. The molecule has 0 spiro atoms. The van der Waals surface area contributed by atoms with E-state index in [1.807, 2.05) is 12.1 Å². The van der Waals surface area contributed by atoms with Crippen LogP contribution in [0.4, 0.5) is 0 Å². The molecule has 19 heavy (non-hydrogen) atoms. The van der Waals surface area contributed by atoms with Gasteiger partial charge in [-0.2, -0.15) is 0 Å². The predicted molar refractivity (Wildman–Crippen MR) is 78.2 cm³/mol. The second kappa shape index (κ2) is 6.73. The predicted octanol–water partition coefficient (Wildman–Crippen LogP) is 3.10. The molecule has 0 saturated heterocycles. The van der Waals surface area contributed by atoms with Gasteiger partial charge in [-0.3, -0.25) is 0 Å². The fraction of sp³-hybridized carbons (Fsp3) is 0.500. The highest BCUT2D eigenvalue weighted by Crippen LogP contribution is 2.26. The third-order valence-electron chi connectivity index (χ3n) is 3.52. The minimum atomic E-state index is 0.262. The highest BCUT2D eigenvalue weighted by atomic mass is 16.3. The Labute approximate surface area is 114 Å². The maximum atomic E-state index is 8.90. The van der Waals surface area contributed by atoms with E-state index in [-0.39, 0.29) is 6.61 Å². The van der Waals surface area contributed by atoms with Crippen LogP contribution in [0.25, 0.3) is 11.0 Å². The van der Waals surface area contributed by atoms with Gasteiger partial charge in [-0.05, 0) is 24.9 Å². The molecule has 3 heteroatoms. The number of hydrogen-bond acceptors (Lipinski definition) is 3. The number of hydrogen-bond donors (Lipinski definition) is 2. The van der Waals surface area contributed by atoms with Crippen LogP contribution in [0.5, 0.6) is 0 Å². The maximum absolute atomic E-state index is 8.90. The smallest absolute Gasteiger partial charge is 0.134 e. The lowest BCUT2D eigenvalue weighted by Crippen LogP contribution is -2.21. The molecule has 2 N–H and O–H groups in total. The van der Waals surface area contributed by atoms with Crippen LogP contribution in [0.2, 0.25) is 0 Å². The molecule has 1 aromatic carbocycles. The van der Waals surface area contributed by atoms with Gasteiger partial charge in [-0.25, -0.2) is 0 Å². The van der Waals surface area contributed by atoms with Crippen molar-refractivity contribution in [2.45, 2.75) is 33.2 Å². The number of rotatable bonds is 7. The summed E-state index contributed by atoms with van der Waals surface area (Å²) in [6, 6.07) is 8.19. The number of para-hydroxylation sites is 1. The Balaban J connectivity index is 2.06. The Morgan fingerprint density at radius 2 is 2.11 bits per heavy atom. The largest absolute Gasteiger partial charge is 0.461 e. The van der Waals surface area contributed by atoms with E-state index in [0.29, 0.717) is 5.92 Å². The van der Waals surface area contributed by atoms with Crippen molar-refractivity contribution in [3.8, 4) is 0 Å². The molecule has 0 fully saturated rings. The quantitative estimate of drug-likeness (QED) is 0.805. The molecule has 1 heterocycles. The van der Waals surface area contributed by atoms with E-state index >= 15 is 0 Å². The second-order valence-corrected chi connectivity index (χ2v) is 5.10. The Morgan fingerprint density at radius 3 is 2.84 bits per heavy atom. The van der Waals surface area contributed by atoms with Crippen LogP contribution >= 0.6 is 0 Å². The lowest BCUT2D eigenvalue weighted by atomic mass is 10.1. The first-order valence-corrected chi connectivity index (χ1v) is 7.07. The molecule has 0 bridgehead atoms. The summed E-state index contributed by atoms with van der Waals surface area (Å²) in [5.41, 5.74) is 2.24. The number of benzene rings is 1. The van der Waals surface area contributed by atoms with E-state index in [9.17, 15) is 0 Å². The molecule has 0 aliphatic heterocycles. The van der Waals surface area contributed by atoms with Crippen molar-refractivity contribution in [3.63, 3.8) is 0 Å². The van der Waals surface area contributed by atoms with Crippen LogP contribution in [-0.2, 0) is 13.0 Å². The molecule has 2 rings (SSSR count). The lowest BCUT2D eigenvalue weighted by molar-refractivity contribution is 0.260. The highest BCUT2D eigenvalue weighted by Gasteiger charge is 2.12. The van der Waals surface area contributed by atoms with Crippen molar-refractivity contribution < 1.29 is 9.52 Å². The van der Waals surface area contributed by atoms with Gasteiger partial charge in [0.25, 0.3) is 0 Å². The zero-order chi connectivity index (χ0) is 13.7. The fourth-order valence-corrected chi connectivity index (χ4v) is 2.39. The molecule has 0 amide bonds. The molecular formula is C16H23NO2. The molecule has 0 aliphatic carbocycles. The maximum Gasteiger partial charge on any atom is 0.134 e. The third-order valence-corrected chi connectivity index (χ3v) is 3.52. The minimum Gasteiger partial charge on any atom is -0.461 e. The van der Waals surface area contributed by atoms with Crippen LogP contribution in [-0.4, -0.2) is 18.3 Å². The zero-order valence-corrected chi connectivity index (χ0v) is 11.8. The molecular weight excluding hydrogens is 238 g/mol. The first-order chi connectivity index (χ1) is 9.26. The van der Waals surface area contributed by atoms with Crippen molar-refractivity contribution in [1.29, 1.82) is 0 Å². The Morgan fingerprint density at radius 1 is 1.32 bits per heavy atom. The average Bonchev–Trinajstić information content (AvgIpc) is 2.77. The number of nitrogens with one attached hydrogen (secondary N) is 1. The molecule has 2 aromatic rings. The van der Waals surface area contributed by atoms with Gasteiger partial charge < -0.3 is 14.8 Å². The van der Waals surface area contributed by atoms with E-state index in [0.717, 1.165) is 37.3 Å². The van der Waals surface area contributed by atoms with Gasteiger partial charge in [0.15, 0.2) is 0 Å². The van der Waals surface area contributed by atoms with Crippen LogP contribution in [0.1, 0.15) is 31.6 Å². The average molecular weight is 261 g/mol. The number of aliphatic hydroxyl groups is 1. The monoisotopic (exact) mass is 261 g/mol. The van der Waals surface area contributed by atoms with Gasteiger partial charge in [0.1, 0.15) is 11.3 Å². The topological polar surface area (TPSA) is 45.4 Å². The van der Waals surface area contributed by atoms with E-state index < -0.39 is 0 Å². The standard InChI is InChI=1S/C16H23NO2/c1-3-15-14(11-17-10-12(2)8-9-18)13-6-4-5-7-16(13)19-15/h4-7,12,17-18H,3,8-11H2,1-2H3. The van der Waals surface area contributed by atoms with Gasteiger partial charge >= 0.3 is 0 Å². The van der Waals surface area contributed by atoms with Gasteiger partial charge in [0.05, 0.1) is 0 Å². The Hall–Kier alpha value is -1.32. The van der Waals surface area contributed by atoms with E-state index in [1.165, 1.54) is 10.9 Å². The van der Waals surface area contributed by atoms with Crippen LogP contribution in [0, 0.1) is 5.92 Å². The van der Waals surface area contributed by atoms with Crippen molar-refractivity contribution in [2.24, 2.45) is 5.92 Å². The van der Waals surface area contributed by atoms with Gasteiger partial charge in [0, 0.05) is 30.5 Å². The summed E-state index contributed by atoms with van der Waals surface area (Å²) in [7, 11) is 0. The minimum absolute atomic E-state index is 0.262. The summed E-state index contributed by atoms with van der Waals surface area (Å²) in [5, 5.41) is 13.6. The lowest BCUT2D eigenvalue weighted by Gasteiger charge is -2.11. The summed E-state index contributed by atoms with van der Waals surface area (Å²) < 4.78 is 5.87. The van der Waals surface area contributed by atoms with Crippen molar-refractivity contribution in [1.82, 2.24) is 5.32 Å². The summed E-state index contributed by atoms with van der Waals surface area (Å²) in [6.45, 7) is 6.28. The number of aryl methyl sites for hydroxylation is 1. The molecule has 104 valence electrons. The van der Waals surface area contributed by atoms with Gasteiger partial charge in [-0.15, -0.1) is 0 Å². The Kier molecular flexibility index (Phi) is 5.00. The fourth-order valence-electron chi connectivity index (χ4n) is 2.39. The van der Waals surface area contributed by atoms with Crippen LogP contribution in [0.15, 0.2) is 28.7 Å². The first kappa shape index (κ1) is 14.1. The van der Waals surface area contributed by atoms with Crippen molar-refractivity contribution in [3.05, 3.63) is 35.6 Å². The van der Waals surface area contributed by atoms with Crippen molar-refractivity contribution in [2.75, 3.05) is 13.2 Å². The molecule has 1 unspecified atom stereocenters. The Bertz CT molecular complexity index is 518. The number of aliphatic hydroxyl groups excluding tert-OH is 1. The van der Waals surface area contributed by atoms with Gasteiger partial charge in [0.2, 0.25) is 0 Å². The second-order valence-electron chi connectivity index (χ2n) is 5.10.